The number of hydrogen-bond donors (Lipinski definition) is 2. The smallest absolute Gasteiger partial charge is 0.380 e. The van der Waals surface area contributed by atoms with E-state index in [0.717, 1.165) is 12.1 Å². The molecule has 7 heteroatoms. The highest BCUT2D eigenvalue weighted by Gasteiger charge is 2.30. The summed E-state index contributed by atoms with van der Waals surface area (Å²) in [7, 11) is 1.60. The van der Waals surface area contributed by atoms with Gasteiger partial charge < -0.3 is 15.4 Å². The predicted octanol–water partition coefficient (Wildman–Crippen LogP) is 2.41. The molecule has 0 aliphatic carbocycles. The van der Waals surface area contributed by atoms with Crippen molar-refractivity contribution in [3.63, 3.8) is 0 Å². The first-order valence-corrected chi connectivity index (χ1v) is 6.65. The van der Waals surface area contributed by atoms with Gasteiger partial charge in [0.25, 0.3) is 0 Å². The maximum Gasteiger partial charge on any atom is 0.416 e. The van der Waals surface area contributed by atoms with Crippen molar-refractivity contribution in [2.24, 2.45) is 4.99 Å². The van der Waals surface area contributed by atoms with Crippen molar-refractivity contribution < 1.29 is 17.9 Å². The zero-order valence-electron chi connectivity index (χ0n) is 12.1. The minimum Gasteiger partial charge on any atom is -0.380 e. The molecular formula is C14H20F3N3O. The first-order valence-electron chi connectivity index (χ1n) is 6.65. The molecule has 0 saturated carbocycles. The molecule has 21 heavy (non-hydrogen) atoms. The van der Waals surface area contributed by atoms with E-state index in [-0.39, 0.29) is 6.54 Å². The van der Waals surface area contributed by atoms with Crippen LogP contribution in [-0.2, 0) is 17.5 Å². The van der Waals surface area contributed by atoms with E-state index in [2.05, 4.69) is 15.6 Å². The molecule has 0 atom stereocenters. The highest BCUT2D eigenvalue weighted by Crippen LogP contribution is 2.29. The third-order valence-corrected chi connectivity index (χ3v) is 2.68. The van der Waals surface area contributed by atoms with Crippen LogP contribution in [0.4, 0.5) is 13.2 Å². The highest BCUT2D eigenvalue weighted by molar-refractivity contribution is 5.79. The monoisotopic (exact) mass is 303 g/mol. The summed E-state index contributed by atoms with van der Waals surface area (Å²) in [4.78, 5) is 3.99. The predicted molar refractivity (Wildman–Crippen MR) is 76.1 cm³/mol. The van der Waals surface area contributed by atoms with Crippen molar-refractivity contribution in [3.8, 4) is 0 Å². The lowest BCUT2D eigenvalue weighted by molar-refractivity contribution is -0.137. The Labute approximate surface area is 122 Å². The molecule has 0 spiro atoms. The number of nitrogens with one attached hydrogen (secondary N) is 2. The van der Waals surface area contributed by atoms with Crippen LogP contribution in [-0.4, -0.2) is 32.8 Å². The first kappa shape index (κ1) is 17.3. The van der Waals surface area contributed by atoms with E-state index in [1.54, 1.807) is 13.1 Å². The molecule has 4 nitrogen and oxygen atoms in total. The highest BCUT2D eigenvalue weighted by atomic mass is 19.4. The van der Waals surface area contributed by atoms with Gasteiger partial charge in [0.1, 0.15) is 0 Å². The quantitative estimate of drug-likeness (QED) is 0.482. The van der Waals surface area contributed by atoms with Crippen molar-refractivity contribution in [2.75, 3.05) is 26.8 Å². The fourth-order valence-electron chi connectivity index (χ4n) is 1.65. The molecule has 0 fully saturated rings. The molecule has 1 rings (SSSR count). The Bertz CT molecular complexity index is 461. The first-order chi connectivity index (χ1) is 9.97. The van der Waals surface area contributed by atoms with E-state index in [1.807, 2.05) is 6.92 Å². The summed E-state index contributed by atoms with van der Waals surface area (Å²) in [6.07, 6.45) is -4.33. The van der Waals surface area contributed by atoms with Gasteiger partial charge in [0, 0.05) is 26.7 Å². The molecule has 0 radical (unpaired) electrons. The van der Waals surface area contributed by atoms with Crippen LogP contribution >= 0.6 is 0 Å². The van der Waals surface area contributed by atoms with Gasteiger partial charge in [-0.3, -0.25) is 4.99 Å². The largest absolute Gasteiger partial charge is 0.416 e. The Morgan fingerprint density at radius 3 is 2.67 bits per heavy atom. The number of aliphatic imine (C=N–C) groups is 1. The van der Waals surface area contributed by atoms with Gasteiger partial charge in [0.2, 0.25) is 0 Å². The Kier molecular flexibility index (Phi) is 7.01. The summed E-state index contributed by atoms with van der Waals surface area (Å²) >= 11 is 0. The number of benzene rings is 1. The van der Waals surface area contributed by atoms with Gasteiger partial charge in [-0.25, -0.2) is 0 Å². The number of guanidine groups is 1. The lowest BCUT2D eigenvalue weighted by Crippen LogP contribution is -2.38. The minimum atomic E-state index is -4.33. The fraction of sp³-hybridized carbons (Fsp3) is 0.500. The second-order valence-corrected chi connectivity index (χ2v) is 4.25. The number of rotatable bonds is 6. The summed E-state index contributed by atoms with van der Waals surface area (Å²) < 4.78 is 43.0. The van der Waals surface area contributed by atoms with E-state index in [0.29, 0.717) is 31.3 Å². The topological polar surface area (TPSA) is 45.6 Å². The standard InChI is InChI=1S/C14H20F3N3O/c1-3-21-8-7-19-13(18-2)20-10-11-5-4-6-12(9-11)14(15,16)17/h4-6,9H,3,7-8,10H2,1-2H3,(H2,18,19,20). The van der Waals surface area contributed by atoms with Crippen LogP contribution in [0.3, 0.4) is 0 Å². The summed E-state index contributed by atoms with van der Waals surface area (Å²) in [5.74, 6) is 0.520. The average Bonchev–Trinajstić information content (AvgIpc) is 2.46. The van der Waals surface area contributed by atoms with Crippen molar-refractivity contribution in [1.29, 1.82) is 0 Å². The van der Waals surface area contributed by atoms with Crippen LogP contribution in [0.15, 0.2) is 29.3 Å². The summed E-state index contributed by atoms with van der Waals surface area (Å²) in [5.41, 5.74) is -0.112. The average molecular weight is 303 g/mol. The summed E-state index contributed by atoms with van der Waals surface area (Å²) in [6, 6.07) is 5.21. The molecule has 0 saturated heterocycles. The number of nitrogens with zero attached hydrogens (tertiary/aromatic N) is 1. The van der Waals surface area contributed by atoms with E-state index < -0.39 is 11.7 Å². The SMILES string of the molecule is CCOCCNC(=NC)NCc1cccc(C(F)(F)F)c1. The molecular weight excluding hydrogens is 283 g/mol. The minimum absolute atomic E-state index is 0.262. The van der Waals surface area contributed by atoms with Gasteiger partial charge in [0.15, 0.2) is 5.96 Å². The van der Waals surface area contributed by atoms with Crippen LogP contribution < -0.4 is 10.6 Å². The number of ether oxygens (including phenoxy) is 1. The molecule has 0 aliphatic rings. The molecule has 0 amide bonds. The van der Waals surface area contributed by atoms with Gasteiger partial charge >= 0.3 is 6.18 Å². The van der Waals surface area contributed by atoms with Crippen LogP contribution in [0.1, 0.15) is 18.1 Å². The summed E-state index contributed by atoms with van der Waals surface area (Å²) in [6.45, 7) is 3.92. The van der Waals surface area contributed by atoms with E-state index in [9.17, 15) is 13.2 Å². The second-order valence-electron chi connectivity index (χ2n) is 4.25. The van der Waals surface area contributed by atoms with E-state index in [4.69, 9.17) is 4.74 Å². The van der Waals surface area contributed by atoms with Gasteiger partial charge in [-0.1, -0.05) is 12.1 Å². The molecule has 1 aromatic rings. The maximum atomic E-state index is 12.6. The second kappa shape index (κ2) is 8.51. The molecule has 1 aromatic carbocycles. The van der Waals surface area contributed by atoms with Crippen molar-refractivity contribution >= 4 is 5.96 Å². The Hall–Kier alpha value is -1.76. The van der Waals surface area contributed by atoms with Crippen molar-refractivity contribution in [1.82, 2.24) is 10.6 Å². The molecule has 0 bridgehead atoms. The lowest BCUT2D eigenvalue weighted by atomic mass is 10.1. The van der Waals surface area contributed by atoms with Gasteiger partial charge in [-0.2, -0.15) is 13.2 Å². The Morgan fingerprint density at radius 2 is 2.05 bits per heavy atom. The van der Waals surface area contributed by atoms with Gasteiger partial charge in [0.05, 0.1) is 12.2 Å². The van der Waals surface area contributed by atoms with Gasteiger partial charge in [-0.15, -0.1) is 0 Å². The van der Waals surface area contributed by atoms with E-state index in [1.165, 1.54) is 6.07 Å². The summed E-state index contributed by atoms with van der Waals surface area (Å²) in [5, 5.41) is 5.97. The number of hydrogen-bond acceptors (Lipinski definition) is 2. The van der Waals surface area contributed by atoms with Crippen molar-refractivity contribution in [3.05, 3.63) is 35.4 Å². The number of alkyl halides is 3. The molecule has 0 aromatic heterocycles. The molecule has 2 N–H and O–H groups in total. The zero-order valence-corrected chi connectivity index (χ0v) is 12.1. The molecule has 0 aliphatic heterocycles. The molecule has 0 heterocycles. The van der Waals surface area contributed by atoms with Crippen LogP contribution in [0.2, 0.25) is 0 Å². The molecule has 0 unspecified atom stereocenters. The van der Waals surface area contributed by atoms with Crippen molar-refractivity contribution in [2.45, 2.75) is 19.6 Å². The number of halogens is 3. The lowest BCUT2D eigenvalue weighted by Gasteiger charge is -2.13. The van der Waals surface area contributed by atoms with E-state index >= 15 is 0 Å². The fourth-order valence-corrected chi connectivity index (χ4v) is 1.65. The zero-order chi connectivity index (χ0) is 15.7. The molecule has 118 valence electrons. The van der Waals surface area contributed by atoms with Crippen LogP contribution in [0.5, 0.6) is 0 Å². The van der Waals surface area contributed by atoms with Crippen LogP contribution in [0, 0.1) is 0 Å². The Balaban J connectivity index is 2.50. The van der Waals surface area contributed by atoms with Gasteiger partial charge in [-0.05, 0) is 24.6 Å². The van der Waals surface area contributed by atoms with Crippen LogP contribution in [0.25, 0.3) is 0 Å². The maximum absolute atomic E-state index is 12.6. The normalized spacial score (nSPS) is 12.3. The third-order valence-electron chi connectivity index (χ3n) is 2.68. The third kappa shape index (κ3) is 6.48. The Morgan fingerprint density at radius 1 is 1.29 bits per heavy atom.